The Morgan fingerprint density at radius 2 is 1.56 bits per heavy atom. The van der Waals surface area contributed by atoms with E-state index in [-0.39, 0.29) is 0 Å². The molecule has 0 N–H and O–H groups in total. The van der Waals surface area contributed by atoms with Crippen LogP contribution in [0.25, 0.3) is 0 Å². The maximum atomic E-state index is 6.47. The van der Waals surface area contributed by atoms with Gasteiger partial charge < -0.3 is 4.43 Å². The van der Waals surface area contributed by atoms with E-state index in [4.69, 9.17) is 4.43 Å². The van der Waals surface area contributed by atoms with Gasteiger partial charge in [-0.15, -0.1) is 0 Å². The Hall–Kier alpha value is -0.503. The van der Waals surface area contributed by atoms with Gasteiger partial charge in [-0.3, -0.25) is 0 Å². The fraction of sp³-hybridized carbons (Fsp3) is 0.714. The average Bonchev–Trinajstić information content (AvgIpc) is 2.64. The summed E-state index contributed by atoms with van der Waals surface area (Å²) in [5.74, 6) is 1.06. The van der Waals surface area contributed by atoms with Crippen LogP contribution in [0, 0.1) is 6.08 Å². The Kier molecular flexibility index (Phi) is 4.42. The van der Waals surface area contributed by atoms with E-state index in [2.05, 4.69) is 53.7 Å². The number of allylic oxidation sites excluding steroid dienone is 3. The van der Waals surface area contributed by atoms with Crippen LogP contribution in [0.15, 0.2) is 17.9 Å². The van der Waals surface area contributed by atoms with Gasteiger partial charge in [0.1, 0.15) is 0 Å². The van der Waals surface area contributed by atoms with Gasteiger partial charge in [-0.05, 0) is 41.3 Å². The smallest absolute Gasteiger partial charge is 0.258 e. The molecule has 0 unspecified atom stereocenters. The van der Waals surface area contributed by atoms with E-state index >= 15 is 0 Å². The fourth-order valence-electron chi connectivity index (χ4n) is 3.01. The van der Waals surface area contributed by atoms with Gasteiger partial charge in [0.25, 0.3) is 8.32 Å². The molecule has 0 aromatic rings. The molecule has 1 aliphatic rings. The molecule has 0 amide bonds. The van der Waals surface area contributed by atoms with Crippen molar-refractivity contribution in [1.82, 2.24) is 0 Å². The topological polar surface area (TPSA) is 9.23 Å². The molecule has 1 radical (unpaired) electrons. The summed E-state index contributed by atoms with van der Waals surface area (Å²) >= 11 is 0. The molecular weight excluding hydrogens is 212 g/mol. The second-order valence-corrected chi connectivity index (χ2v) is 11.0. The third-order valence-corrected chi connectivity index (χ3v) is 9.67. The molecule has 0 aromatic carbocycles. The van der Waals surface area contributed by atoms with Gasteiger partial charge in [-0.1, -0.05) is 41.5 Å². The second-order valence-electron chi connectivity index (χ2n) is 5.58. The molecule has 1 rings (SSSR count). The summed E-state index contributed by atoms with van der Waals surface area (Å²) in [5.41, 5.74) is 1.92. The largest absolute Gasteiger partial charge is 0.543 e. The van der Waals surface area contributed by atoms with E-state index in [0.717, 1.165) is 12.2 Å². The minimum absolute atomic E-state index is 0.641. The van der Waals surface area contributed by atoms with Crippen LogP contribution in [0.2, 0.25) is 16.6 Å². The van der Waals surface area contributed by atoms with Gasteiger partial charge in [-0.25, -0.2) is 0 Å². The van der Waals surface area contributed by atoms with Crippen molar-refractivity contribution in [2.24, 2.45) is 0 Å². The first-order valence-electron chi connectivity index (χ1n) is 6.37. The number of rotatable bonds is 5. The molecule has 0 saturated heterocycles. The second kappa shape index (κ2) is 5.22. The lowest BCUT2D eigenvalue weighted by Crippen LogP contribution is -2.47. The van der Waals surface area contributed by atoms with Crippen molar-refractivity contribution < 1.29 is 4.43 Å². The van der Waals surface area contributed by atoms with E-state index in [1.807, 2.05) is 6.08 Å². The Bertz CT molecular complexity index is 265. The Balaban J connectivity index is 2.97. The summed E-state index contributed by atoms with van der Waals surface area (Å²) in [6.45, 7) is 13.9. The van der Waals surface area contributed by atoms with Crippen LogP contribution >= 0.6 is 0 Å². The molecule has 1 aliphatic carbocycles. The van der Waals surface area contributed by atoms with E-state index in [0.29, 0.717) is 16.6 Å². The molecule has 91 valence electrons. The van der Waals surface area contributed by atoms with Crippen LogP contribution in [-0.2, 0) is 4.43 Å². The summed E-state index contributed by atoms with van der Waals surface area (Å²) in [6.07, 6.45) is 8.26. The van der Waals surface area contributed by atoms with E-state index in [1.165, 1.54) is 0 Å². The molecule has 16 heavy (non-hydrogen) atoms. The fourth-order valence-corrected chi connectivity index (χ4v) is 8.26. The van der Waals surface area contributed by atoms with Gasteiger partial charge in [0.2, 0.25) is 0 Å². The summed E-state index contributed by atoms with van der Waals surface area (Å²) in [6, 6.07) is 0. The average molecular weight is 237 g/mol. The first-order valence-corrected chi connectivity index (χ1v) is 8.51. The van der Waals surface area contributed by atoms with Gasteiger partial charge >= 0.3 is 0 Å². The van der Waals surface area contributed by atoms with Crippen LogP contribution in [-0.4, -0.2) is 8.32 Å². The highest BCUT2D eigenvalue weighted by atomic mass is 28.4. The lowest BCUT2D eigenvalue weighted by molar-refractivity contribution is 0.387. The van der Waals surface area contributed by atoms with Crippen LogP contribution in [0.5, 0.6) is 0 Å². The molecule has 1 nitrogen and oxygen atoms in total. The highest BCUT2D eigenvalue weighted by Gasteiger charge is 2.47. The summed E-state index contributed by atoms with van der Waals surface area (Å²) in [5, 5.41) is 0. The molecule has 0 bridgehead atoms. The molecular formula is C14H25OSi. The molecule has 0 atom stereocenters. The van der Waals surface area contributed by atoms with Crippen LogP contribution in [0.3, 0.4) is 0 Å². The Labute approximate surface area is 102 Å². The summed E-state index contributed by atoms with van der Waals surface area (Å²) in [7, 11) is -1.73. The van der Waals surface area contributed by atoms with Crippen LogP contribution in [0.1, 0.15) is 48.0 Å². The lowest BCUT2D eigenvalue weighted by Gasteiger charge is -2.42. The van der Waals surface area contributed by atoms with Gasteiger partial charge in [0.05, 0.1) is 5.76 Å². The van der Waals surface area contributed by atoms with Crippen molar-refractivity contribution in [3.05, 3.63) is 24.0 Å². The molecule has 0 fully saturated rings. The van der Waals surface area contributed by atoms with Gasteiger partial charge in [0, 0.05) is 0 Å². The maximum absolute atomic E-state index is 6.47. The molecule has 0 heterocycles. The summed E-state index contributed by atoms with van der Waals surface area (Å²) < 4.78 is 6.47. The van der Waals surface area contributed by atoms with Crippen molar-refractivity contribution >= 4 is 8.32 Å². The molecule has 0 saturated carbocycles. The van der Waals surface area contributed by atoms with E-state index in [9.17, 15) is 0 Å². The van der Waals surface area contributed by atoms with Gasteiger partial charge in [-0.2, -0.15) is 0 Å². The zero-order valence-corrected chi connectivity index (χ0v) is 12.5. The zero-order valence-electron chi connectivity index (χ0n) is 11.5. The molecule has 2 heteroatoms. The SMILES string of the molecule is CC(C)[Si](OC1=CC[C]=C1)(C(C)C)C(C)C. The number of hydrogen-bond acceptors (Lipinski definition) is 1. The molecule has 0 spiro atoms. The van der Waals surface area contributed by atoms with Gasteiger partial charge in [0.15, 0.2) is 0 Å². The molecule has 0 aromatic heterocycles. The van der Waals surface area contributed by atoms with Crippen molar-refractivity contribution in [3.8, 4) is 0 Å². The highest BCUT2D eigenvalue weighted by Crippen LogP contribution is 2.43. The standard InChI is InChI=1S/C14H25OSi/c1-11(2)16(12(3)4,13(5)6)15-14-9-7-8-10-14/h9-13H,7H2,1-6H3. The number of hydrogen-bond donors (Lipinski definition) is 0. The van der Waals surface area contributed by atoms with Crippen LogP contribution in [0.4, 0.5) is 0 Å². The predicted octanol–water partition coefficient (Wildman–Crippen LogP) is 4.83. The van der Waals surface area contributed by atoms with Crippen LogP contribution < -0.4 is 0 Å². The third-order valence-electron chi connectivity index (χ3n) is 3.67. The molecule has 0 aliphatic heterocycles. The van der Waals surface area contributed by atoms with Crippen molar-refractivity contribution in [2.75, 3.05) is 0 Å². The lowest BCUT2D eigenvalue weighted by atomic mass is 10.5. The van der Waals surface area contributed by atoms with Crippen molar-refractivity contribution in [1.29, 1.82) is 0 Å². The highest BCUT2D eigenvalue weighted by molar-refractivity contribution is 6.77. The van der Waals surface area contributed by atoms with E-state index < -0.39 is 8.32 Å². The maximum Gasteiger partial charge on any atom is 0.258 e. The van der Waals surface area contributed by atoms with Crippen molar-refractivity contribution in [3.63, 3.8) is 0 Å². The predicted molar refractivity (Wildman–Crippen MR) is 72.6 cm³/mol. The summed E-state index contributed by atoms with van der Waals surface area (Å²) in [4.78, 5) is 0. The minimum Gasteiger partial charge on any atom is -0.543 e. The third kappa shape index (κ3) is 2.42. The Morgan fingerprint density at radius 3 is 1.88 bits per heavy atom. The van der Waals surface area contributed by atoms with Crippen molar-refractivity contribution in [2.45, 2.75) is 64.6 Å². The monoisotopic (exact) mass is 237 g/mol. The zero-order chi connectivity index (χ0) is 12.3. The first-order chi connectivity index (χ1) is 7.41. The quantitative estimate of drug-likeness (QED) is 0.623. The first kappa shape index (κ1) is 13.6. The normalized spacial score (nSPS) is 16.4. The minimum atomic E-state index is -1.73. The van der Waals surface area contributed by atoms with E-state index in [1.54, 1.807) is 0 Å². The Morgan fingerprint density at radius 1 is 1.06 bits per heavy atom.